The number of rotatable bonds is 6. The van der Waals surface area contributed by atoms with E-state index in [0.29, 0.717) is 37.3 Å². The first-order chi connectivity index (χ1) is 12.0. The number of carbonyl (C=O) groups is 1. The molecule has 0 saturated heterocycles. The van der Waals surface area contributed by atoms with Crippen LogP contribution < -0.4 is 4.72 Å². The summed E-state index contributed by atoms with van der Waals surface area (Å²) < 4.78 is 26.5. The number of aliphatic imine (C=N–C) groups is 1. The second-order valence-electron chi connectivity index (χ2n) is 5.76. The third-order valence-electron chi connectivity index (χ3n) is 3.88. The number of sulfonamides is 1. The summed E-state index contributed by atoms with van der Waals surface area (Å²) in [5.74, 6) is 0.413. The molecule has 2 aromatic rings. The average molecular weight is 377 g/mol. The van der Waals surface area contributed by atoms with Crippen LogP contribution in [0.3, 0.4) is 0 Å². The van der Waals surface area contributed by atoms with Gasteiger partial charge in [0, 0.05) is 30.5 Å². The molecular weight excluding hydrogens is 358 g/mol. The van der Waals surface area contributed by atoms with Crippen molar-refractivity contribution < 1.29 is 13.2 Å². The first-order valence-electron chi connectivity index (χ1n) is 7.90. The maximum absolute atomic E-state index is 12.1. The van der Waals surface area contributed by atoms with E-state index in [1.165, 1.54) is 0 Å². The van der Waals surface area contributed by atoms with E-state index < -0.39 is 10.0 Å². The van der Waals surface area contributed by atoms with Crippen LogP contribution in [0.1, 0.15) is 23.3 Å². The molecule has 0 bridgehead atoms. The van der Waals surface area contributed by atoms with Gasteiger partial charge in [0.15, 0.2) is 0 Å². The molecule has 0 radical (unpaired) electrons. The van der Waals surface area contributed by atoms with Gasteiger partial charge in [-0.25, -0.2) is 8.42 Å². The minimum Gasteiger partial charge on any atom is -0.341 e. The van der Waals surface area contributed by atoms with E-state index in [1.54, 1.807) is 47.5 Å². The summed E-state index contributed by atoms with van der Waals surface area (Å²) in [6.45, 7) is 1.00. The molecule has 1 aromatic carbocycles. The fourth-order valence-corrected chi connectivity index (χ4v) is 4.60. The third-order valence-corrected chi connectivity index (χ3v) is 6.14. The average Bonchev–Trinajstić information content (AvgIpc) is 3.18. The second kappa shape index (κ2) is 7.37. The Morgan fingerprint density at radius 1 is 1.24 bits per heavy atom. The summed E-state index contributed by atoms with van der Waals surface area (Å²) in [5, 5.41) is 1.99. The van der Waals surface area contributed by atoms with Crippen molar-refractivity contribution in [3.8, 4) is 0 Å². The zero-order chi connectivity index (χ0) is 17.9. The number of carbonyl (C=O) groups excluding carboxylic acids is 1. The number of hydrogen-bond acceptors (Lipinski definition) is 5. The quantitative estimate of drug-likeness (QED) is 0.784. The Bertz CT molecular complexity index is 890. The molecule has 0 saturated carbocycles. The van der Waals surface area contributed by atoms with Gasteiger partial charge < -0.3 is 4.90 Å². The van der Waals surface area contributed by atoms with Crippen molar-refractivity contribution in [3.63, 3.8) is 0 Å². The van der Waals surface area contributed by atoms with Gasteiger partial charge in [-0.2, -0.15) is 0 Å². The molecule has 0 aliphatic carbocycles. The maximum Gasteiger partial charge on any atom is 0.263 e. The number of nitrogens with zero attached hydrogens (tertiary/aromatic N) is 2. The van der Waals surface area contributed by atoms with Gasteiger partial charge in [-0.15, -0.1) is 11.3 Å². The van der Waals surface area contributed by atoms with Gasteiger partial charge in [-0.1, -0.05) is 18.2 Å². The second-order valence-corrected chi connectivity index (χ2v) is 8.45. The van der Waals surface area contributed by atoms with E-state index in [1.807, 2.05) is 17.5 Å². The minimum atomic E-state index is -3.51. The van der Waals surface area contributed by atoms with Crippen molar-refractivity contribution in [2.75, 3.05) is 13.6 Å². The van der Waals surface area contributed by atoms with E-state index in [4.69, 9.17) is 0 Å². The molecule has 0 atom stereocenters. The fraction of sp³-hybridized carbons (Fsp3) is 0.294. The maximum atomic E-state index is 12.1. The SMILES string of the molecule is CN(Cc1cccs1)C(=O)CCCN=C1NS(=O)(=O)c2ccccc21. The highest BCUT2D eigenvalue weighted by molar-refractivity contribution is 7.90. The highest BCUT2D eigenvalue weighted by Crippen LogP contribution is 2.22. The molecule has 0 fully saturated rings. The fourth-order valence-electron chi connectivity index (χ4n) is 2.59. The Morgan fingerprint density at radius 3 is 2.80 bits per heavy atom. The van der Waals surface area contributed by atoms with E-state index in [-0.39, 0.29) is 10.8 Å². The summed E-state index contributed by atoms with van der Waals surface area (Å²) in [5.41, 5.74) is 0.587. The van der Waals surface area contributed by atoms with Crippen LogP contribution in [0.4, 0.5) is 0 Å². The van der Waals surface area contributed by atoms with Gasteiger partial charge in [0.2, 0.25) is 5.91 Å². The van der Waals surface area contributed by atoms with Crippen LogP contribution in [0.25, 0.3) is 0 Å². The molecule has 6 nitrogen and oxygen atoms in total. The molecule has 1 aromatic heterocycles. The van der Waals surface area contributed by atoms with Gasteiger partial charge >= 0.3 is 0 Å². The Morgan fingerprint density at radius 2 is 2.04 bits per heavy atom. The van der Waals surface area contributed by atoms with Crippen molar-refractivity contribution in [1.29, 1.82) is 0 Å². The van der Waals surface area contributed by atoms with Crippen LogP contribution in [0.15, 0.2) is 51.7 Å². The van der Waals surface area contributed by atoms with Gasteiger partial charge in [0.25, 0.3) is 10.0 Å². The number of fused-ring (bicyclic) bond motifs is 1. The Labute approximate surface area is 151 Å². The number of amides is 1. The molecule has 1 N–H and O–H groups in total. The highest BCUT2D eigenvalue weighted by Gasteiger charge is 2.29. The standard InChI is InChI=1S/C17H19N3O3S2/c1-20(12-13-6-5-11-24-13)16(21)9-4-10-18-17-14-7-2-3-8-15(14)25(22,23)19-17/h2-3,5-8,11H,4,9-10,12H2,1H3,(H,18,19). The summed E-state index contributed by atoms with van der Waals surface area (Å²) in [4.78, 5) is 19.6. The topological polar surface area (TPSA) is 78.8 Å². The number of thiophene rings is 1. The zero-order valence-corrected chi connectivity index (χ0v) is 15.4. The van der Waals surface area contributed by atoms with Crippen LogP contribution in [0.2, 0.25) is 0 Å². The van der Waals surface area contributed by atoms with Crippen molar-refractivity contribution in [3.05, 3.63) is 52.2 Å². The first kappa shape index (κ1) is 17.6. The Kier molecular flexibility index (Phi) is 5.19. The lowest BCUT2D eigenvalue weighted by Crippen LogP contribution is -2.26. The van der Waals surface area contributed by atoms with Crippen molar-refractivity contribution in [2.24, 2.45) is 4.99 Å². The molecule has 1 aliphatic heterocycles. The van der Waals surface area contributed by atoms with Gasteiger partial charge in [0.1, 0.15) is 5.84 Å². The lowest BCUT2D eigenvalue weighted by Gasteiger charge is -2.15. The predicted molar refractivity (Wildman–Crippen MR) is 98.2 cm³/mol. The summed E-state index contributed by atoms with van der Waals surface area (Å²) in [6.07, 6.45) is 0.952. The zero-order valence-electron chi connectivity index (χ0n) is 13.8. The molecule has 8 heteroatoms. The van der Waals surface area contributed by atoms with Crippen molar-refractivity contribution in [1.82, 2.24) is 9.62 Å². The molecule has 1 aliphatic rings. The third kappa shape index (κ3) is 4.08. The molecule has 3 rings (SSSR count). The lowest BCUT2D eigenvalue weighted by atomic mass is 10.2. The van der Waals surface area contributed by atoms with Gasteiger partial charge in [0.05, 0.1) is 11.4 Å². The van der Waals surface area contributed by atoms with Crippen molar-refractivity contribution >= 4 is 33.1 Å². The van der Waals surface area contributed by atoms with Crippen LogP contribution in [-0.4, -0.2) is 38.7 Å². The van der Waals surface area contributed by atoms with Crippen LogP contribution in [0, 0.1) is 0 Å². The molecule has 0 unspecified atom stereocenters. The van der Waals surface area contributed by atoms with Crippen molar-refractivity contribution in [2.45, 2.75) is 24.3 Å². The first-order valence-corrected chi connectivity index (χ1v) is 10.3. The predicted octanol–water partition coefficient (Wildman–Crippen LogP) is 2.23. The number of amidine groups is 1. The molecule has 25 heavy (non-hydrogen) atoms. The van der Waals surface area contributed by atoms with Crippen LogP contribution >= 0.6 is 11.3 Å². The number of nitrogens with one attached hydrogen (secondary N) is 1. The normalized spacial score (nSPS) is 16.4. The number of hydrogen-bond donors (Lipinski definition) is 1. The molecule has 0 spiro atoms. The highest BCUT2D eigenvalue weighted by atomic mass is 32.2. The molecule has 1 amide bonds. The van der Waals surface area contributed by atoms with E-state index in [0.717, 1.165) is 4.88 Å². The lowest BCUT2D eigenvalue weighted by molar-refractivity contribution is -0.130. The molecule has 132 valence electrons. The van der Waals surface area contributed by atoms with Gasteiger partial charge in [-0.05, 0) is 30.0 Å². The monoisotopic (exact) mass is 377 g/mol. The van der Waals surface area contributed by atoms with E-state index in [9.17, 15) is 13.2 Å². The van der Waals surface area contributed by atoms with Crippen LogP contribution in [0.5, 0.6) is 0 Å². The molecule has 2 heterocycles. The minimum absolute atomic E-state index is 0.0565. The smallest absolute Gasteiger partial charge is 0.263 e. The largest absolute Gasteiger partial charge is 0.341 e. The summed E-state index contributed by atoms with van der Waals surface area (Å²) in [6, 6.07) is 10.7. The van der Waals surface area contributed by atoms with Gasteiger partial charge in [-0.3, -0.25) is 14.5 Å². The summed E-state index contributed by atoms with van der Waals surface area (Å²) >= 11 is 1.63. The van der Waals surface area contributed by atoms with Crippen LogP contribution in [-0.2, 0) is 21.4 Å². The number of benzene rings is 1. The Hall–Kier alpha value is -2.19. The van der Waals surface area contributed by atoms with E-state index in [2.05, 4.69) is 9.71 Å². The van der Waals surface area contributed by atoms with E-state index >= 15 is 0 Å². The molecular formula is C17H19N3O3S2. The Balaban J connectivity index is 1.53. The summed E-state index contributed by atoms with van der Waals surface area (Å²) in [7, 11) is -1.72.